The van der Waals surface area contributed by atoms with E-state index in [4.69, 9.17) is 0 Å². The Kier molecular flexibility index (Phi) is 5.77. The van der Waals surface area contributed by atoms with Crippen LogP contribution in [0.2, 0.25) is 0 Å². The maximum atomic E-state index is 12.1. The molecule has 2 rings (SSSR count). The van der Waals surface area contributed by atoms with Gasteiger partial charge in [-0.05, 0) is 43.3 Å². The van der Waals surface area contributed by atoms with Crippen molar-refractivity contribution in [3.63, 3.8) is 0 Å². The maximum absolute atomic E-state index is 12.1. The first kappa shape index (κ1) is 16.3. The summed E-state index contributed by atoms with van der Waals surface area (Å²) in [7, 11) is 0. The Morgan fingerprint density at radius 1 is 1.09 bits per heavy atom. The molecule has 2 aromatic rings. The molecule has 0 heterocycles. The molecule has 0 aliphatic rings. The Morgan fingerprint density at radius 3 is 2.32 bits per heavy atom. The Morgan fingerprint density at radius 2 is 1.73 bits per heavy atom. The minimum atomic E-state index is -2.86. The third kappa shape index (κ3) is 5.04. The van der Waals surface area contributed by atoms with Crippen molar-refractivity contribution in [3.8, 4) is 5.75 Å². The molecule has 0 saturated carbocycles. The Balaban J connectivity index is 1.90. The molecule has 116 valence electrons. The summed E-state index contributed by atoms with van der Waals surface area (Å²) >= 11 is 1.45. The van der Waals surface area contributed by atoms with Gasteiger partial charge in [-0.1, -0.05) is 18.2 Å². The van der Waals surface area contributed by atoms with Crippen LogP contribution in [-0.4, -0.2) is 17.8 Å². The van der Waals surface area contributed by atoms with Gasteiger partial charge in [0.2, 0.25) is 5.91 Å². The van der Waals surface area contributed by atoms with E-state index in [0.717, 1.165) is 4.90 Å². The fraction of sp³-hybridized carbons (Fsp3) is 0.188. The number of rotatable bonds is 6. The first-order chi connectivity index (χ1) is 10.5. The number of alkyl halides is 2. The Labute approximate surface area is 131 Å². The van der Waals surface area contributed by atoms with Crippen molar-refractivity contribution in [2.45, 2.75) is 23.7 Å². The molecular formula is C16H15F2NO2S. The molecule has 0 spiro atoms. The normalized spacial score (nSPS) is 12.0. The average molecular weight is 323 g/mol. The third-order valence-corrected chi connectivity index (χ3v) is 3.88. The van der Waals surface area contributed by atoms with E-state index in [2.05, 4.69) is 10.1 Å². The van der Waals surface area contributed by atoms with Crippen LogP contribution < -0.4 is 10.1 Å². The van der Waals surface area contributed by atoms with Crippen molar-refractivity contribution in [2.75, 3.05) is 5.32 Å². The quantitative estimate of drug-likeness (QED) is 0.800. The van der Waals surface area contributed by atoms with E-state index in [-0.39, 0.29) is 16.9 Å². The molecule has 0 radical (unpaired) electrons. The van der Waals surface area contributed by atoms with Gasteiger partial charge in [0.05, 0.1) is 5.25 Å². The number of nitrogens with one attached hydrogen (secondary N) is 1. The van der Waals surface area contributed by atoms with E-state index in [1.165, 1.54) is 36.0 Å². The maximum Gasteiger partial charge on any atom is 0.387 e. The van der Waals surface area contributed by atoms with Crippen LogP contribution in [0.15, 0.2) is 59.5 Å². The molecule has 1 amide bonds. The molecule has 0 aliphatic carbocycles. The lowest BCUT2D eigenvalue weighted by molar-refractivity contribution is -0.115. The molecule has 0 saturated heterocycles. The smallest absolute Gasteiger partial charge is 0.387 e. The van der Waals surface area contributed by atoms with Crippen molar-refractivity contribution < 1.29 is 18.3 Å². The van der Waals surface area contributed by atoms with Crippen LogP contribution in [0.3, 0.4) is 0 Å². The second kappa shape index (κ2) is 7.79. The van der Waals surface area contributed by atoms with Gasteiger partial charge in [0.25, 0.3) is 0 Å². The number of hydrogen-bond acceptors (Lipinski definition) is 3. The highest BCUT2D eigenvalue weighted by molar-refractivity contribution is 8.00. The number of carbonyl (C=O) groups is 1. The molecule has 0 aromatic heterocycles. The lowest BCUT2D eigenvalue weighted by atomic mass is 10.3. The Hall–Kier alpha value is -2.08. The average Bonchev–Trinajstić information content (AvgIpc) is 2.49. The van der Waals surface area contributed by atoms with Crippen molar-refractivity contribution in [3.05, 3.63) is 54.6 Å². The first-order valence-corrected chi connectivity index (χ1v) is 7.50. The third-order valence-electron chi connectivity index (χ3n) is 2.77. The minimum Gasteiger partial charge on any atom is -0.435 e. The fourth-order valence-electron chi connectivity index (χ4n) is 1.72. The van der Waals surface area contributed by atoms with Gasteiger partial charge in [0.15, 0.2) is 0 Å². The van der Waals surface area contributed by atoms with Gasteiger partial charge in [-0.15, -0.1) is 11.8 Å². The lowest BCUT2D eigenvalue weighted by Gasteiger charge is -2.12. The first-order valence-electron chi connectivity index (χ1n) is 6.62. The van der Waals surface area contributed by atoms with Crippen molar-refractivity contribution in [1.82, 2.24) is 0 Å². The molecule has 0 aliphatic heterocycles. The summed E-state index contributed by atoms with van der Waals surface area (Å²) in [6.07, 6.45) is 0. The number of carbonyl (C=O) groups excluding carboxylic acids is 1. The summed E-state index contributed by atoms with van der Waals surface area (Å²) in [5, 5.41) is 2.46. The summed E-state index contributed by atoms with van der Waals surface area (Å²) in [6, 6.07) is 15.4. The largest absolute Gasteiger partial charge is 0.435 e. The highest BCUT2D eigenvalue weighted by Crippen LogP contribution is 2.24. The second-order valence-corrected chi connectivity index (χ2v) is 5.88. The molecule has 6 heteroatoms. The number of anilines is 1. The van der Waals surface area contributed by atoms with Crippen LogP contribution in [0.5, 0.6) is 5.75 Å². The van der Waals surface area contributed by atoms with Crippen molar-refractivity contribution in [1.29, 1.82) is 0 Å². The SMILES string of the molecule is C[C@@H](Sc1ccccc1)C(=O)Nc1ccc(OC(F)F)cc1. The number of thioether (sulfide) groups is 1. The lowest BCUT2D eigenvalue weighted by Crippen LogP contribution is -2.22. The van der Waals surface area contributed by atoms with E-state index >= 15 is 0 Å². The summed E-state index contributed by atoms with van der Waals surface area (Å²) in [4.78, 5) is 13.1. The summed E-state index contributed by atoms with van der Waals surface area (Å²) < 4.78 is 28.3. The molecule has 0 unspecified atom stereocenters. The van der Waals surface area contributed by atoms with E-state index in [1.54, 1.807) is 6.92 Å². The zero-order chi connectivity index (χ0) is 15.9. The van der Waals surface area contributed by atoms with Crippen molar-refractivity contribution in [2.24, 2.45) is 0 Å². The zero-order valence-corrected chi connectivity index (χ0v) is 12.6. The van der Waals surface area contributed by atoms with Crippen LogP contribution in [0.4, 0.5) is 14.5 Å². The van der Waals surface area contributed by atoms with E-state index in [0.29, 0.717) is 5.69 Å². The highest BCUT2D eigenvalue weighted by Gasteiger charge is 2.14. The molecule has 1 N–H and O–H groups in total. The molecule has 22 heavy (non-hydrogen) atoms. The number of hydrogen-bond donors (Lipinski definition) is 1. The van der Waals surface area contributed by atoms with Crippen LogP contribution in [0.25, 0.3) is 0 Å². The van der Waals surface area contributed by atoms with Gasteiger partial charge >= 0.3 is 6.61 Å². The topological polar surface area (TPSA) is 38.3 Å². The van der Waals surface area contributed by atoms with Gasteiger partial charge in [-0.3, -0.25) is 4.79 Å². The molecule has 2 aromatic carbocycles. The van der Waals surface area contributed by atoms with Gasteiger partial charge < -0.3 is 10.1 Å². The van der Waals surface area contributed by atoms with Crippen LogP contribution in [0, 0.1) is 0 Å². The van der Waals surface area contributed by atoms with E-state index in [1.807, 2.05) is 30.3 Å². The van der Waals surface area contributed by atoms with Crippen LogP contribution >= 0.6 is 11.8 Å². The summed E-state index contributed by atoms with van der Waals surface area (Å²) in [5.74, 6) is -0.101. The molecule has 0 fully saturated rings. The second-order valence-electron chi connectivity index (χ2n) is 4.47. The standard InChI is InChI=1S/C16H15F2NO2S/c1-11(22-14-5-3-2-4-6-14)15(20)19-12-7-9-13(10-8-12)21-16(17)18/h2-11,16H,1H3,(H,19,20)/t11-/m1/s1. The predicted octanol–water partition coefficient (Wildman–Crippen LogP) is 4.41. The van der Waals surface area contributed by atoms with E-state index in [9.17, 15) is 13.6 Å². The molecule has 1 atom stereocenters. The summed E-state index contributed by atoms with van der Waals surface area (Å²) in [5.41, 5.74) is 0.534. The zero-order valence-electron chi connectivity index (χ0n) is 11.8. The van der Waals surface area contributed by atoms with Gasteiger partial charge in [-0.2, -0.15) is 8.78 Å². The van der Waals surface area contributed by atoms with Crippen LogP contribution in [0.1, 0.15) is 6.92 Å². The minimum absolute atomic E-state index is 0.0553. The van der Waals surface area contributed by atoms with Crippen LogP contribution in [-0.2, 0) is 4.79 Å². The predicted molar refractivity (Wildman–Crippen MR) is 83.5 cm³/mol. The van der Waals surface area contributed by atoms with Gasteiger partial charge in [0.1, 0.15) is 5.75 Å². The number of amides is 1. The molecule has 0 bridgehead atoms. The summed E-state index contributed by atoms with van der Waals surface area (Å²) in [6.45, 7) is -1.05. The number of halogens is 2. The van der Waals surface area contributed by atoms with Crippen molar-refractivity contribution >= 4 is 23.4 Å². The number of benzene rings is 2. The molecular weight excluding hydrogens is 308 g/mol. The fourth-order valence-corrected chi connectivity index (χ4v) is 2.61. The highest BCUT2D eigenvalue weighted by atomic mass is 32.2. The van der Waals surface area contributed by atoms with Gasteiger partial charge in [-0.25, -0.2) is 0 Å². The van der Waals surface area contributed by atoms with Gasteiger partial charge in [0, 0.05) is 10.6 Å². The van der Waals surface area contributed by atoms with E-state index < -0.39 is 6.61 Å². The monoisotopic (exact) mass is 323 g/mol. The number of ether oxygens (including phenoxy) is 1. The Bertz CT molecular complexity index is 605. The molecule has 3 nitrogen and oxygen atoms in total.